The summed E-state index contributed by atoms with van der Waals surface area (Å²) in [6, 6.07) is 8.27. The third-order valence-electron chi connectivity index (χ3n) is 4.84. The van der Waals surface area contributed by atoms with Crippen molar-refractivity contribution < 1.29 is 9.59 Å². The topological polar surface area (TPSA) is 80.1 Å². The maximum absolute atomic E-state index is 12.3. The first kappa shape index (κ1) is 18.1. The highest BCUT2D eigenvalue weighted by Crippen LogP contribution is 2.25. The highest BCUT2D eigenvalue weighted by molar-refractivity contribution is 5.90. The fourth-order valence-electron chi connectivity index (χ4n) is 3.23. The van der Waals surface area contributed by atoms with Crippen LogP contribution in [0.15, 0.2) is 30.6 Å². The molecule has 138 valence electrons. The zero-order valence-corrected chi connectivity index (χ0v) is 15.5. The standard InChI is InChI=1S/C19H25N5O2/c1-13(2)15-6-4-14(5-7-15)11-24-16(8-9-18(24)26)10-17(25)22-19-20-12-21-23(19)3/h4-7,12-13,16H,8-11H2,1-3H3,(H,20,21,22,25). The zero-order valence-electron chi connectivity index (χ0n) is 15.5. The molecule has 0 aliphatic carbocycles. The van der Waals surface area contributed by atoms with Gasteiger partial charge in [-0.3, -0.25) is 14.9 Å². The summed E-state index contributed by atoms with van der Waals surface area (Å²) in [6.45, 7) is 4.86. The van der Waals surface area contributed by atoms with Crippen LogP contribution in [0.4, 0.5) is 5.95 Å². The van der Waals surface area contributed by atoms with Crippen LogP contribution in [0.5, 0.6) is 0 Å². The lowest BCUT2D eigenvalue weighted by Gasteiger charge is -2.24. The Labute approximate surface area is 153 Å². The van der Waals surface area contributed by atoms with Crippen LogP contribution < -0.4 is 5.32 Å². The lowest BCUT2D eigenvalue weighted by molar-refractivity contribution is -0.130. The van der Waals surface area contributed by atoms with Crippen molar-refractivity contribution in [2.75, 3.05) is 5.32 Å². The van der Waals surface area contributed by atoms with E-state index >= 15 is 0 Å². The van der Waals surface area contributed by atoms with Crippen LogP contribution in [0, 0.1) is 0 Å². The van der Waals surface area contributed by atoms with Gasteiger partial charge in [0.05, 0.1) is 0 Å². The summed E-state index contributed by atoms with van der Waals surface area (Å²) < 4.78 is 1.51. The minimum absolute atomic E-state index is 0.0829. The molecule has 1 atom stereocenters. The third-order valence-corrected chi connectivity index (χ3v) is 4.84. The second-order valence-electron chi connectivity index (χ2n) is 7.07. The molecule has 2 amide bonds. The van der Waals surface area contributed by atoms with Crippen LogP contribution in [-0.4, -0.2) is 37.5 Å². The summed E-state index contributed by atoms with van der Waals surface area (Å²) in [7, 11) is 1.72. The number of benzene rings is 1. The smallest absolute Gasteiger partial charge is 0.228 e. The van der Waals surface area contributed by atoms with Gasteiger partial charge in [-0.15, -0.1) is 0 Å². The quantitative estimate of drug-likeness (QED) is 0.863. The van der Waals surface area contributed by atoms with Crippen molar-refractivity contribution in [1.82, 2.24) is 19.7 Å². The van der Waals surface area contributed by atoms with Crippen LogP contribution in [0.1, 0.15) is 50.2 Å². The van der Waals surface area contributed by atoms with E-state index in [9.17, 15) is 9.59 Å². The summed E-state index contributed by atoms with van der Waals surface area (Å²) in [4.78, 5) is 30.4. The van der Waals surface area contributed by atoms with Gasteiger partial charge in [0.15, 0.2) is 0 Å². The Morgan fingerprint density at radius 3 is 2.65 bits per heavy atom. The van der Waals surface area contributed by atoms with E-state index < -0.39 is 0 Å². The average molecular weight is 355 g/mol. The first-order valence-electron chi connectivity index (χ1n) is 8.96. The third kappa shape index (κ3) is 4.09. The second-order valence-corrected chi connectivity index (χ2v) is 7.07. The summed E-state index contributed by atoms with van der Waals surface area (Å²) in [6.07, 6.45) is 2.85. The molecule has 0 bridgehead atoms. The number of hydrogen-bond donors (Lipinski definition) is 1. The summed E-state index contributed by atoms with van der Waals surface area (Å²) in [5.41, 5.74) is 2.37. The van der Waals surface area contributed by atoms with Crippen molar-refractivity contribution in [3.8, 4) is 0 Å². The molecule has 7 nitrogen and oxygen atoms in total. The molecule has 1 aromatic heterocycles. The van der Waals surface area contributed by atoms with E-state index in [4.69, 9.17) is 0 Å². The van der Waals surface area contributed by atoms with Crippen molar-refractivity contribution in [3.05, 3.63) is 41.7 Å². The number of carbonyl (C=O) groups excluding carboxylic acids is 2. The molecule has 26 heavy (non-hydrogen) atoms. The van der Waals surface area contributed by atoms with Gasteiger partial charge < -0.3 is 4.90 Å². The lowest BCUT2D eigenvalue weighted by Crippen LogP contribution is -2.35. The number of nitrogens with zero attached hydrogens (tertiary/aromatic N) is 4. The Morgan fingerprint density at radius 2 is 2.04 bits per heavy atom. The fourth-order valence-corrected chi connectivity index (χ4v) is 3.23. The Kier molecular flexibility index (Phi) is 5.35. The molecular weight excluding hydrogens is 330 g/mol. The molecule has 1 aromatic carbocycles. The number of aromatic nitrogens is 3. The molecule has 3 rings (SSSR count). The van der Waals surface area contributed by atoms with E-state index in [1.165, 1.54) is 16.6 Å². The van der Waals surface area contributed by atoms with Crippen LogP contribution in [0.25, 0.3) is 0 Å². The molecule has 0 spiro atoms. The van der Waals surface area contributed by atoms with Crippen molar-refractivity contribution in [3.63, 3.8) is 0 Å². The monoisotopic (exact) mass is 355 g/mol. The Bertz CT molecular complexity index is 781. The van der Waals surface area contributed by atoms with Gasteiger partial charge in [-0.2, -0.15) is 10.1 Å². The first-order valence-corrected chi connectivity index (χ1v) is 8.96. The van der Waals surface area contributed by atoms with E-state index in [2.05, 4.69) is 53.5 Å². The molecule has 1 aliphatic heterocycles. The number of carbonyl (C=O) groups is 2. The zero-order chi connectivity index (χ0) is 18.7. The average Bonchev–Trinajstić information content (AvgIpc) is 3.15. The van der Waals surface area contributed by atoms with Gasteiger partial charge in [-0.25, -0.2) is 4.68 Å². The number of aryl methyl sites for hydroxylation is 1. The Hall–Kier alpha value is -2.70. The van der Waals surface area contributed by atoms with Gasteiger partial charge >= 0.3 is 0 Å². The largest absolute Gasteiger partial charge is 0.335 e. The SMILES string of the molecule is CC(C)c1ccc(CN2C(=O)CCC2CC(=O)Nc2ncnn2C)cc1. The van der Waals surface area contributed by atoms with Crippen LogP contribution in [0.2, 0.25) is 0 Å². The number of hydrogen-bond acceptors (Lipinski definition) is 4. The van der Waals surface area contributed by atoms with E-state index in [0.717, 1.165) is 5.56 Å². The van der Waals surface area contributed by atoms with Crippen LogP contribution >= 0.6 is 0 Å². The van der Waals surface area contributed by atoms with Gasteiger partial charge in [-0.1, -0.05) is 38.1 Å². The lowest BCUT2D eigenvalue weighted by atomic mass is 10.0. The van der Waals surface area contributed by atoms with Crippen molar-refractivity contribution in [2.24, 2.45) is 7.05 Å². The Balaban J connectivity index is 1.63. The maximum atomic E-state index is 12.3. The van der Waals surface area contributed by atoms with Crippen LogP contribution in [-0.2, 0) is 23.2 Å². The molecule has 2 heterocycles. The predicted octanol–water partition coefficient (Wildman–Crippen LogP) is 2.46. The number of amides is 2. The van der Waals surface area contributed by atoms with Gasteiger partial charge in [0.2, 0.25) is 17.8 Å². The highest BCUT2D eigenvalue weighted by atomic mass is 16.2. The Morgan fingerprint density at radius 1 is 1.31 bits per heavy atom. The van der Waals surface area contributed by atoms with E-state index in [1.807, 2.05) is 4.90 Å². The van der Waals surface area contributed by atoms with E-state index in [1.54, 1.807) is 7.05 Å². The van der Waals surface area contributed by atoms with E-state index in [0.29, 0.717) is 31.3 Å². The predicted molar refractivity (Wildman–Crippen MR) is 98.4 cm³/mol. The summed E-state index contributed by atoms with van der Waals surface area (Å²) in [5, 5.41) is 6.68. The summed E-state index contributed by atoms with van der Waals surface area (Å²) >= 11 is 0. The highest BCUT2D eigenvalue weighted by Gasteiger charge is 2.32. The summed E-state index contributed by atoms with van der Waals surface area (Å²) in [5.74, 6) is 0.847. The molecule has 1 fully saturated rings. The number of anilines is 1. The molecule has 1 saturated heterocycles. The molecule has 7 heteroatoms. The molecule has 2 aromatic rings. The minimum Gasteiger partial charge on any atom is -0.335 e. The van der Waals surface area contributed by atoms with Crippen molar-refractivity contribution in [2.45, 2.75) is 51.6 Å². The molecule has 1 aliphatic rings. The fraction of sp³-hybridized carbons (Fsp3) is 0.474. The van der Waals surface area contributed by atoms with Crippen LogP contribution in [0.3, 0.4) is 0 Å². The maximum Gasteiger partial charge on any atom is 0.228 e. The number of nitrogens with one attached hydrogen (secondary N) is 1. The minimum atomic E-state index is -0.152. The molecule has 0 radical (unpaired) electrons. The van der Waals surface area contributed by atoms with Gasteiger partial charge in [0, 0.05) is 32.5 Å². The van der Waals surface area contributed by atoms with Crippen molar-refractivity contribution >= 4 is 17.8 Å². The molecular formula is C19H25N5O2. The first-order chi connectivity index (χ1) is 12.4. The van der Waals surface area contributed by atoms with Gasteiger partial charge in [0.25, 0.3) is 0 Å². The van der Waals surface area contributed by atoms with Gasteiger partial charge in [0.1, 0.15) is 6.33 Å². The second kappa shape index (κ2) is 7.68. The molecule has 1 unspecified atom stereocenters. The van der Waals surface area contributed by atoms with Gasteiger partial charge in [-0.05, 0) is 23.5 Å². The van der Waals surface area contributed by atoms with Crippen molar-refractivity contribution in [1.29, 1.82) is 0 Å². The van der Waals surface area contributed by atoms with E-state index in [-0.39, 0.29) is 24.3 Å². The number of likely N-dealkylation sites (tertiary alicyclic amines) is 1. The molecule has 0 saturated carbocycles. The molecule has 1 N–H and O–H groups in total. The normalized spacial score (nSPS) is 17.2. The number of rotatable bonds is 6.